The van der Waals surface area contributed by atoms with Gasteiger partial charge in [-0.1, -0.05) is 6.92 Å². The van der Waals surface area contributed by atoms with E-state index in [9.17, 15) is 9.59 Å². The minimum Gasteiger partial charge on any atom is -0.467 e. The molecule has 0 saturated heterocycles. The first-order valence-electron chi connectivity index (χ1n) is 6.49. The van der Waals surface area contributed by atoms with Crippen LogP contribution in [0, 0.1) is 20.8 Å². The van der Waals surface area contributed by atoms with E-state index in [1.165, 1.54) is 23.0 Å². The number of carbonyl (C=O) groups excluding carboxylic acids is 1. The topological polar surface area (TPSA) is 61.2 Å². The van der Waals surface area contributed by atoms with Crippen molar-refractivity contribution < 1.29 is 9.53 Å². The van der Waals surface area contributed by atoms with Gasteiger partial charge in [-0.25, -0.2) is 9.78 Å². The van der Waals surface area contributed by atoms with Crippen LogP contribution in [0.5, 0.6) is 0 Å². The molecule has 0 aliphatic carbocycles. The van der Waals surface area contributed by atoms with E-state index >= 15 is 0 Å². The van der Waals surface area contributed by atoms with Gasteiger partial charge in [0.25, 0.3) is 5.56 Å². The maximum atomic E-state index is 12.7. The molecule has 0 fully saturated rings. The van der Waals surface area contributed by atoms with Crippen LogP contribution in [0.15, 0.2) is 4.79 Å². The minimum atomic E-state index is -0.621. The first-order chi connectivity index (χ1) is 9.42. The van der Waals surface area contributed by atoms with E-state index < -0.39 is 12.0 Å². The Morgan fingerprint density at radius 2 is 2.05 bits per heavy atom. The number of hydrogen-bond donors (Lipinski definition) is 0. The summed E-state index contributed by atoms with van der Waals surface area (Å²) in [6, 6.07) is -0.621. The van der Waals surface area contributed by atoms with E-state index in [0.717, 1.165) is 15.3 Å². The molecule has 2 aromatic heterocycles. The summed E-state index contributed by atoms with van der Waals surface area (Å²) in [5, 5.41) is 0.612. The molecule has 0 saturated carbocycles. The lowest BCUT2D eigenvalue weighted by atomic mass is 10.2. The lowest BCUT2D eigenvalue weighted by Crippen LogP contribution is -2.32. The van der Waals surface area contributed by atoms with Gasteiger partial charge in [0, 0.05) is 4.88 Å². The van der Waals surface area contributed by atoms with Crippen LogP contribution in [0.4, 0.5) is 0 Å². The van der Waals surface area contributed by atoms with Gasteiger partial charge in [-0.3, -0.25) is 9.36 Å². The van der Waals surface area contributed by atoms with Crippen LogP contribution in [-0.4, -0.2) is 22.6 Å². The van der Waals surface area contributed by atoms with E-state index in [2.05, 4.69) is 4.98 Å². The fourth-order valence-electron chi connectivity index (χ4n) is 2.37. The van der Waals surface area contributed by atoms with E-state index in [-0.39, 0.29) is 5.56 Å². The molecule has 108 valence electrons. The number of hydrogen-bond acceptors (Lipinski definition) is 5. The van der Waals surface area contributed by atoms with Crippen LogP contribution in [0.2, 0.25) is 0 Å². The van der Waals surface area contributed by atoms with Gasteiger partial charge in [-0.05, 0) is 32.8 Å². The fraction of sp³-hybridized carbons (Fsp3) is 0.500. The second-order valence-corrected chi connectivity index (χ2v) is 5.95. The Morgan fingerprint density at radius 3 is 2.60 bits per heavy atom. The largest absolute Gasteiger partial charge is 0.467 e. The second kappa shape index (κ2) is 5.36. The summed E-state index contributed by atoms with van der Waals surface area (Å²) >= 11 is 1.51. The number of ether oxygens (including phenoxy) is 1. The van der Waals surface area contributed by atoms with Crippen molar-refractivity contribution in [3.63, 3.8) is 0 Å². The minimum absolute atomic E-state index is 0.161. The van der Waals surface area contributed by atoms with Crippen molar-refractivity contribution in [2.24, 2.45) is 0 Å². The first kappa shape index (κ1) is 14.7. The summed E-state index contributed by atoms with van der Waals surface area (Å²) in [5.74, 6) is 0.129. The van der Waals surface area contributed by atoms with Crippen LogP contribution >= 0.6 is 11.3 Å². The molecule has 6 heteroatoms. The van der Waals surface area contributed by atoms with Crippen LogP contribution in [-0.2, 0) is 9.53 Å². The highest BCUT2D eigenvalue weighted by Gasteiger charge is 2.24. The Morgan fingerprint density at radius 1 is 1.40 bits per heavy atom. The number of aryl methyl sites for hydroxylation is 3. The van der Waals surface area contributed by atoms with E-state index in [0.29, 0.717) is 17.6 Å². The predicted molar refractivity (Wildman–Crippen MR) is 79.4 cm³/mol. The Kier molecular flexibility index (Phi) is 3.94. The Hall–Kier alpha value is -1.69. The highest BCUT2D eigenvalue weighted by Crippen LogP contribution is 2.27. The van der Waals surface area contributed by atoms with Crippen molar-refractivity contribution in [1.29, 1.82) is 0 Å². The molecule has 0 bridgehead atoms. The number of nitrogens with zero attached hydrogens (tertiary/aromatic N) is 2. The summed E-state index contributed by atoms with van der Waals surface area (Å²) in [7, 11) is 1.33. The fourth-order valence-corrected chi connectivity index (χ4v) is 3.43. The van der Waals surface area contributed by atoms with Crippen molar-refractivity contribution >= 4 is 27.5 Å². The van der Waals surface area contributed by atoms with Gasteiger partial charge in [0.15, 0.2) is 0 Å². The average molecular weight is 294 g/mol. The highest BCUT2D eigenvalue weighted by molar-refractivity contribution is 7.18. The van der Waals surface area contributed by atoms with Crippen molar-refractivity contribution in [2.75, 3.05) is 7.11 Å². The van der Waals surface area contributed by atoms with Crippen LogP contribution < -0.4 is 5.56 Å². The number of methoxy groups -OCH3 is 1. The molecule has 0 aliphatic rings. The molecule has 2 aromatic rings. The van der Waals surface area contributed by atoms with Gasteiger partial charge < -0.3 is 4.74 Å². The van der Waals surface area contributed by atoms with Crippen LogP contribution in [0.1, 0.15) is 35.7 Å². The maximum Gasteiger partial charge on any atom is 0.329 e. The standard InChI is InChI=1S/C14H18N2O3S/c1-6-10(14(18)19-5)16-9(4)15-12-11(13(16)17)7(2)8(3)20-12/h10H,6H2,1-5H3. The normalized spacial score (nSPS) is 12.7. The number of rotatable bonds is 3. The smallest absolute Gasteiger partial charge is 0.329 e. The molecular weight excluding hydrogens is 276 g/mol. The second-order valence-electron chi connectivity index (χ2n) is 4.74. The summed E-state index contributed by atoms with van der Waals surface area (Å²) in [5.41, 5.74) is 0.780. The van der Waals surface area contributed by atoms with Gasteiger partial charge in [0.2, 0.25) is 0 Å². The molecule has 5 nitrogen and oxygen atoms in total. The summed E-state index contributed by atoms with van der Waals surface area (Å²) in [4.78, 5) is 30.9. The lowest BCUT2D eigenvalue weighted by molar-refractivity contribution is -0.144. The molecule has 0 aromatic carbocycles. The van der Waals surface area contributed by atoms with E-state index in [4.69, 9.17) is 4.74 Å². The third kappa shape index (κ3) is 2.14. The number of fused-ring (bicyclic) bond motifs is 1. The zero-order valence-corrected chi connectivity index (χ0v) is 13.1. The Labute approximate surface area is 121 Å². The highest BCUT2D eigenvalue weighted by atomic mass is 32.1. The van der Waals surface area contributed by atoms with Gasteiger partial charge in [-0.15, -0.1) is 11.3 Å². The van der Waals surface area contributed by atoms with Gasteiger partial charge in [0.05, 0.1) is 12.5 Å². The molecule has 1 atom stereocenters. The third-order valence-electron chi connectivity index (χ3n) is 3.58. The van der Waals surface area contributed by atoms with Crippen molar-refractivity contribution in [3.8, 4) is 0 Å². The summed E-state index contributed by atoms with van der Waals surface area (Å²) in [6.45, 7) is 7.48. The number of esters is 1. The number of thiophene rings is 1. The molecule has 0 radical (unpaired) electrons. The molecule has 0 amide bonds. The SMILES string of the molecule is CCC(C(=O)OC)n1c(C)nc2sc(C)c(C)c2c1=O. The number of carbonyl (C=O) groups is 1. The predicted octanol–water partition coefficient (Wildman–Crippen LogP) is 2.51. The zero-order valence-electron chi connectivity index (χ0n) is 12.3. The molecule has 2 rings (SSSR count). The van der Waals surface area contributed by atoms with Crippen molar-refractivity contribution in [1.82, 2.24) is 9.55 Å². The van der Waals surface area contributed by atoms with Crippen molar-refractivity contribution in [2.45, 2.75) is 40.2 Å². The Balaban J connectivity index is 2.80. The Bertz CT molecular complexity index is 730. The zero-order chi connectivity index (χ0) is 15.0. The molecule has 0 aliphatic heterocycles. The monoisotopic (exact) mass is 294 g/mol. The first-order valence-corrected chi connectivity index (χ1v) is 7.30. The van der Waals surface area contributed by atoms with E-state index in [1.807, 2.05) is 20.8 Å². The molecule has 0 N–H and O–H groups in total. The summed E-state index contributed by atoms with van der Waals surface area (Å²) < 4.78 is 6.24. The maximum absolute atomic E-state index is 12.7. The van der Waals surface area contributed by atoms with Gasteiger partial charge in [-0.2, -0.15) is 0 Å². The third-order valence-corrected chi connectivity index (χ3v) is 4.68. The van der Waals surface area contributed by atoms with Crippen LogP contribution in [0.25, 0.3) is 10.2 Å². The van der Waals surface area contributed by atoms with Crippen molar-refractivity contribution in [3.05, 3.63) is 26.6 Å². The van der Waals surface area contributed by atoms with E-state index in [1.54, 1.807) is 6.92 Å². The molecule has 1 unspecified atom stereocenters. The van der Waals surface area contributed by atoms with Crippen LogP contribution in [0.3, 0.4) is 0 Å². The summed E-state index contributed by atoms with van der Waals surface area (Å²) in [6.07, 6.45) is 0.489. The molecule has 2 heterocycles. The average Bonchev–Trinajstić information content (AvgIpc) is 2.69. The number of aromatic nitrogens is 2. The molecular formula is C14H18N2O3S. The molecule has 0 spiro atoms. The lowest BCUT2D eigenvalue weighted by Gasteiger charge is -2.18. The van der Waals surface area contributed by atoms with Gasteiger partial charge >= 0.3 is 5.97 Å². The quantitative estimate of drug-likeness (QED) is 0.816. The van der Waals surface area contributed by atoms with Gasteiger partial charge in [0.1, 0.15) is 16.7 Å². The molecule has 20 heavy (non-hydrogen) atoms.